The molecule has 0 saturated carbocycles. The molecular weight excluding hydrogens is 254 g/mol. The molecule has 1 aromatic rings. The van der Waals surface area contributed by atoms with Gasteiger partial charge in [0.1, 0.15) is 18.2 Å². The fraction of sp³-hybridized carbons (Fsp3) is 0.714. The van der Waals surface area contributed by atoms with E-state index in [0.717, 1.165) is 18.9 Å². The van der Waals surface area contributed by atoms with E-state index in [0.29, 0.717) is 29.6 Å². The van der Waals surface area contributed by atoms with Gasteiger partial charge in [0.2, 0.25) is 0 Å². The van der Waals surface area contributed by atoms with Crippen LogP contribution in [0.5, 0.6) is 0 Å². The van der Waals surface area contributed by atoms with Gasteiger partial charge in [-0.25, -0.2) is 15.8 Å². The molecule has 1 unspecified atom stereocenters. The Morgan fingerprint density at radius 3 is 2.75 bits per heavy atom. The number of aromatic nitrogens is 2. The van der Waals surface area contributed by atoms with E-state index in [1.807, 2.05) is 6.07 Å². The zero-order chi connectivity index (χ0) is 14.8. The summed E-state index contributed by atoms with van der Waals surface area (Å²) in [7, 11) is 1.64. The van der Waals surface area contributed by atoms with Crippen molar-refractivity contribution in [3.63, 3.8) is 0 Å². The van der Waals surface area contributed by atoms with Crippen LogP contribution in [0.2, 0.25) is 0 Å². The third-order valence-corrected chi connectivity index (χ3v) is 3.92. The van der Waals surface area contributed by atoms with Crippen molar-refractivity contribution in [2.75, 3.05) is 30.5 Å². The van der Waals surface area contributed by atoms with Gasteiger partial charge < -0.3 is 15.1 Å². The third-order valence-electron chi connectivity index (χ3n) is 3.92. The lowest BCUT2D eigenvalue weighted by molar-refractivity contribution is 0.178. The number of ether oxygens (including phenoxy) is 1. The van der Waals surface area contributed by atoms with Crippen LogP contribution in [0, 0.1) is 11.3 Å². The minimum Gasteiger partial charge on any atom is -0.377 e. The summed E-state index contributed by atoms with van der Waals surface area (Å²) in [6, 6.07) is 1.89. The molecular formula is C14H25N5O. The summed E-state index contributed by atoms with van der Waals surface area (Å²) in [5.41, 5.74) is 2.92. The zero-order valence-electron chi connectivity index (χ0n) is 12.8. The molecule has 1 fully saturated rings. The summed E-state index contributed by atoms with van der Waals surface area (Å²) in [5, 5.41) is 0. The van der Waals surface area contributed by atoms with Gasteiger partial charge in [-0.15, -0.1) is 0 Å². The number of methoxy groups -OCH3 is 1. The van der Waals surface area contributed by atoms with Gasteiger partial charge in [0, 0.05) is 26.3 Å². The third kappa shape index (κ3) is 3.37. The molecule has 2 heterocycles. The minimum atomic E-state index is 0.325. The predicted molar refractivity (Wildman–Crippen MR) is 80.3 cm³/mol. The van der Waals surface area contributed by atoms with E-state index >= 15 is 0 Å². The Bertz CT molecular complexity index is 457. The van der Waals surface area contributed by atoms with Gasteiger partial charge in [0.25, 0.3) is 0 Å². The van der Waals surface area contributed by atoms with Gasteiger partial charge in [-0.3, -0.25) is 0 Å². The Hall–Kier alpha value is -1.40. The average molecular weight is 279 g/mol. The smallest absolute Gasteiger partial charge is 0.158 e. The molecule has 112 valence electrons. The summed E-state index contributed by atoms with van der Waals surface area (Å²) < 4.78 is 5.11. The molecule has 6 nitrogen and oxygen atoms in total. The van der Waals surface area contributed by atoms with Crippen LogP contribution in [0.4, 0.5) is 11.6 Å². The molecule has 1 aliphatic rings. The Balaban J connectivity index is 2.18. The highest BCUT2D eigenvalue weighted by molar-refractivity contribution is 5.49. The largest absolute Gasteiger partial charge is 0.377 e. The molecule has 0 radical (unpaired) electrons. The predicted octanol–water partition coefficient (Wildman–Crippen LogP) is 1.78. The van der Waals surface area contributed by atoms with Gasteiger partial charge in [0.05, 0.1) is 0 Å². The van der Waals surface area contributed by atoms with Crippen LogP contribution in [0.3, 0.4) is 0 Å². The van der Waals surface area contributed by atoms with Gasteiger partial charge >= 0.3 is 0 Å². The molecule has 1 atom stereocenters. The van der Waals surface area contributed by atoms with E-state index in [2.05, 4.69) is 41.1 Å². The first-order valence-corrected chi connectivity index (χ1v) is 7.02. The summed E-state index contributed by atoms with van der Waals surface area (Å²) in [4.78, 5) is 11.1. The van der Waals surface area contributed by atoms with Crippen molar-refractivity contribution >= 4 is 11.6 Å². The average Bonchev–Trinajstić information content (AvgIpc) is 2.88. The maximum atomic E-state index is 5.48. The Kier molecular flexibility index (Phi) is 4.45. The molecule has 0 bridgehead atoms. The van der Waals surface area contributed by atoms with Crippen molar-refractivity contribution < 1.29 is 4.74 Å². The van der Waals surface area contributed by atoms with Crippen molar-refractivity contribution in [2.24, 2.45) is 17.2 Å². The topological polar surface area (TPSA) is 76.3 Å². The van der Waals surface area contributed by atoms with Crippen LogP contribution in [0.1, 0.15) is 33.0 Å². The Morgan fingerprint density at radius 1 is 1.45 bits per heavy atom. The van der Waals surface area contributed by atoms with Crippen LogP contribution >= 0.6 is 0 Å². The van der Waals surface area contributed by atoms with Crippen molar-refractivity contribution in [1.82, 2.24) is 9.97 Å². The number of nitrogens with one attached hydrogen (secondary N) is 1. The highest BCUT2D eigenvalue weighted by Gasteiger charge is 2.32. The standard InChI is InChI=1S/C14H25N5O/c1-14(2,3)10-5-6-19(8-10)13-7-11(18-15)16-12(17-13)9-20-4/h7,10H,5-6,8-9,15H2,1-4H3,(H,16,17,18). The Morgan fingerprint density at radius 2 is 2.20 bits per heavy atom. The number of hydrogen-bond acceptors (Lipinski definition) is 6. The van der Waals surface area contributed by atoms with Crippen molar-refractivity contribution in [2.45, 2.75) is 33.8 Å². The summed E-state index contributed by atoms with van der Waals surface area (Å²) in [6.45, 7) is 9.32. The summed E-state index contributed by atoms with van der Waals surface area (Å²) in [6.07, 6.45) is 1.19. The molecule has 0 aliphatic carbocycles. The van der Waals surface area contributed by atoms with Crippen molar-refractivity contribution in [3.8, 4) is 0 Å². The highest BCUT2D eigenvalue weighted by Crippen LogP contribution is 2.35. The van der Waals surface area contributed by atoms with E-state index in [1.165, 1.54) is 6.42 Å². The first-order valence-electron chi connectivity index (χ1n) is 7.02. The number of hydrogen-bond donors (Lipinski definition) is 2. The molecule has 1 aliphatic heterocycles. The van der Waals surface area contributed by atoms with E-state index in [-0.39, 0.29) is 0 Å². The lowest BCUT2D eigenvalue weighted by Gasteiger charge is -2.27. The molecule has 3 N–H and O–H groups in total. The highest BCUT2D eigenvalue weighted by atomic mass is 16.5. The van der Waals surface area contributed by atoms with Gasteiger partial charge in [-0.05, 0) is 17.8 Å². The van der Waals surface area contributed by atoms with Crippen LogP contribution in [-0.4, -0.2) is 30.2 Å². The summed E-state index contributed by atoms with van der Waals surface area (Å²) >= 11 is 0. The molecule has 0 spiro atoms. The zero-order valence-corrected chi connectivity index (χ0v) is 12.8. The van der Waals surface area contributed by atoms with Crippen LogP contribution in [0.15, 0.2) is 6.07 Å². The van der Waals surface area contributed by atoms with Crippen LogP contribution in [-0.2, 0) is 11.3 Å². The number of rotatable bonds is 4. The van der Waals surface area contributed by atoms with E-state index in [9.17, 15) is 0 Å². The monoisotopic (exact) mass is 279 g/mol. The van der Waals surface area contributed by atoms with Crippen LogP contribution < -0.4 is 16.2 Å². The normalized spacial score (nSPS) is 19.4. The SMILES string of the molecule is COCc1nc(NN)cc(N2CCC(C(C)(C)C)C2)n1. The number of anilines is 2. The molecule has 6 heteroatoms. The molecule has 1 saturated heterocycles. The van der Waals surface area contributed by atoms with Gasteiger partial charge in [0.15, 0.2) is 5.82 Å². The van der Waals surface area contributed by atoms with E-state index in [1.54, 1.807) is 7.11 Å². The minimum absolute atomic E-state index is 0.325. The van der Waals surface area contributed by atoms with Gasteiger partial charge in [-0.2, -0.15) is 0 Å². The number of nitrogen functional groups attached to an aromatic ring is 1. The molecule has 0 aromatic carbocycles. The first-order chi connectivity index (χ1) is 9.44. The molecule has 1 aromatic heterocycles. The van der Waals surface area contributed by atoms with E-state index < -0.39 is 0 Å². The second-order valence-electron chi connectivity index (χ2n) is 6.40. The fourth-order valence-electron chi connectivity index (χ4n) is 2.59. The Labute approximate surface area is 120 Å². The first kappa shape index (κ1) is 15.0. The number of nitrogens with two attached hydrogens (primary N) is 1. The summed E-state index contributed by atoms with van der Waals surface area (Å²) in [5.74, 6) is 8.36. The quantitative estimate of drug-likeness (QED) is 0.646. The van der Waals surface area contributed by atoms with Crippen molar-refractivity contribution in [3.05, 3.63) is 11.9 Å². The van der Waals surface area contributed by atoms with Crippen molar-refractivity contribution in [1.29, 1.82) is 0 Å². The lowest BCUT2D eigenvalue weighted by atomic mass is 9.80. The maximum Gasteiger partial charge on any atom is 0.158 e. The lowest BCUT2D eigenvalue weighted by Crippen LogP contribution is -2.27. The van der Waals surface area contributed by atoms with E-state index in [4.69, 9.17) is 10.6 Å². The number of nitrogens with zero attached hydrogens (tertiary/aromatic N) is 3. The molecule has 20 heavy (non-hydrogen) atoms. The second kappa shape index (κ2) is 5.93. The maximum absolute atomic E-state index is 5.48. The fourth-order valence-corrected chi connectivity index (χ4v) is 2.59. The second-order valence-corrected chi connectivity index (χ2v) is 6.40. The number of hydrazine groups is 1. The molecule has 2 rings (SSSR count). The van der Waals surface area contributed by atoms with Gasteiger partial charge in [-0.1, -0.05) is 20.8 Å². The molecule has 0 amide bonds. The van der Waals surface area contributed by atoms with Crippen LogP contribution in [0.25, 0.3) is 0 Å².